The van der Waals surface area contributed by atoms with Crippen LogP contribution in [0.25, 0.3) is 11.4 Å². The number of hydrogen-bond acceptors (Lipinski definition) is 7. The van der Waals surface area contributed by atoms with Crippen molar-refractivity contribution in [1.29, 1.82) is 0 Å². The lowest BCUT2D eigenvalue weighted by Gasteiger charge is -2.32. The van der Waals surface area contributed by atoms with Crippen LogP contribution in [0.15, 0.2) is 76.0 Å². The van der Waals surface area contributed by atoms with E-state index >= 15 is 0 Å². The first kappa shape index (κ1) is 22.4. The summed E-state index contributed by atoms with van der Waals surface area (Å²) in [5.74, 6) is 0.509. The van der Waals surface area contributed by atoms with Crippen LogP contribution < -0.4 is 26.0 Å². The summed E-state index contributed by atoms with van der Waals surface area (Å²) in [4.78, 5) is 28.7. The zero-order chi connectivity index (χ0) is 24.2. The summed E-state index contributed by atoms with van der Waals surface area (Å²) in [6.45, 7) is 2.54. The van der Waals surface area contributed by atoms with Crippen molar-refractivity contribution >= 4 is 11.6 Å². The first-order valence-corrected chi connectivity index (χ1v) is 11.2. The smallest absolute Gasteiger partial charge is 0.439 e. The number of aromatic amines is 1. The highest BCUT2D eigenvalue weighted by Crippen LogP contribution is 2.27. The minimum atomic E-state index is -0.575. The van der Waals surface area contributed by atoms with Crippen molar-refractivity contribution in [2.24, 2.45) is 0 Å². The molecule has 4 aromatic rings. The Balaban J connectivity index is 1.24. The first-order valence-electron chi connectivity index (χ1n) is 11.2. The zero-order valence-electron chi connectivity index (χ0n) is 19.2. The van der Waals surface area contributed by atoms with Crippen molar-refractivity contribution in [2.75, 3.05) is 18.7 Å². The largest absolute Gasteiger partial charge is 0.497 e. The summed E-state index contributed by atoms with van der Waals surface area (Å²) in [7, 11) is 1.63. The van der Waals surface area contributed by atoms with Crippen molar-refractivity contribution in [3.05, 3.63) is 99.5 Å². The van der Waals surface area contributed by atoms with Crippen LogP contribution in [-0.2, 0) is 19.6 Å². The molecule has 2 heterocycles. The Kier molecular flexibility index (Phi) is 6.32. The van der Waals surface area contributed by atoms with E-state index < -0.39 is 5.76 Å². The van der Waals surface area contributed by atoms with Gasteiger partial charge >= 0.3 is 5.76 Å². The van der Waals surface area contributed by atoms with Gasteiger partial charge in [0.1, 0.15) is 5.75 Å². The second kappa shape index (κ2) is 9.86. The van der Waals surface area contributed by atoms with Gasteiger partial charge in [-0.2, -0.15) is 0 Å². The highest BCUT2D eigenvalue weighted by Gasteiger charge is 2.19. The molecule has 0 aliphatic carbocycles. The quantitative estimate of drug-likeness (QED) is 0.380. The molecule has 35 heavy (non-hydrogen) atoms. The fourth-order valence-corrected chi connectivity index (χ4v) is 4.10. The van der Waals surface area contributed by atoms with Crippen LogP contribution in [0.1, 0.15) is 27.0 Å². The molecule has 0 unspecified atom stereocenters. The van der Waals surface area contributed by atoms with Gasteiger partial charge in [-0.25, -0.2) is 4.79 Å². The van der Waals surface area contributed by atoms with Crippen LogP contribution in [0.5, 0.6) is 5.75 Å². The highest BCUT2D eigenvalue weighted by atomic mass is 16.5. The van der Waals surface area contributed by atoms with Crippen LogP contribution in [0.4, 0.5) is 5.69 Å². The number of aromatic nitrogens is 2. The van der Waals surface area contributed by atoms with E-state index in [9.17, 15) is 9.59 Å². The maximum absolute atomic E-state index is 12.7. The molecule has 9 nitrogen and oxygen atoms in total. The van der Waals surface area contributed by atoms with E-state index in [1.54, 1.807) is 7.11 Å². The van der Waals surface area contributed by atoms with Gasteiger partial charge in [0, 0.05) is 36.4 Å². The van der Waals surface area contributed by atoms with Crippen molar-refractivity contribution in [1.82, 2.24) is 20.8 Å². The number of ether oxygens (including phenoxy) is 1. The van der Waals surface area contributed by atoms with Crippen LogP contribution in [0.3, 0.4) is 0 Å². The molecule has 1 aliphatic rings. The number of carbonyl (C=O) groups is 1. The molecule has 0 saturated heterocycles. The van der Waals surface area contributed by atoms with Gasteiger partial charge in [-0.15, -0.1) is 0 Å². The third-order valence-corrected chi connectivity index (χ3v) is 5.95. The number of anilines is 1. The maximum atomic E-state index is 12.7. The minimum absolute atomic E-state index is 0.109. The topological polar surface area (TPSA) is 112 Å². The van der Waals surface area contributed by atoms with Crippen molar-refractivity contribution < 1.29 is 14.1 Å². The molecule has 0 fully saturated rings. The molecule has 5 rings (SSSR count). The molecule has 1 aliphatic heterocycles. The second-order valence-electron chi connectivity index (χ2n) is 8.30. The number of rotatable bonds is 7. The fourth-order valence-electron chi connectivity index (χ4n) is 4.10. The van der Waals surface area contributed by atoms with Gasteiger partial charge in [0.25, 0.3) is 5.91 Å². The summed E-state index contributed by atoms with van der Waals surface area (Å²) in [6, 6.07) is 21.2. The lowest BCUT2D eigenvalue weighted by atomic mass is 10.0. The zero-order valence-corrected chi connectivity index (χ0v) is 19.2. The average molecular weight is 472 g/mol. The van der Waals surface area contributed by atoms with Crippen LogP contribution >= 0.6 is 0 Å². The molecule has 0 atom stereocenters. The number of carbonyl (C=O) groups excluding carboxylic acids is 1. The lowest BCUT2D eigenvalue weighted by Crippen LogP contribution is -2.38. The summed E-state index contributed by atoms with van der Waals surface area (Å²) < 4.78 is 9.74. The molecule has 1 aromatic heterocycles. The van der Waals surface area contributed by atoms with Crippen molar-refractivity contribution in [3.8, 4) is 17.1 Å². The number of methoxy groups -OCH3 is 1. The standard InChI is InChI=1S/C26H25N5O4/c1-34-22-9-4-17(5-10-22)13-28-25(32)20-8-11-23-21(12-20)14-27-16-31(23)15-18-2-6-19(7-3-18)24-29-26(33)35-30-24/h2-12,27H,13-16H2,1H3,(H,28,32)(H,29,30,33). The van der Waals surface area contributed by atoms with E-state index in [2.05, 4.69) is 30.2 Å². The number of H-pyrrole nitrogens is 1. The Bertz CT molecular complexity index is 1380. The number of hydrogen-bond donors (Lipinski definition) is 3. The summed E-state index contributed by atoms with van der Waals surface area (Å²) >= 11 is 0. The Morgan fingerprint density at radius 1 is 1.09 bits per heavy atom. The first-order chi connectivity index (χ1) is 17.1. The highest BCUT2D eigenvalue weighted by molar-refractivity contribution is 5.95. The van der Waals surface area contributed by atoms with E-state index in [1.807, 2.05) is 66.7 Å². The van der Waals surface area contributed by atoms with E-state index in [1.165, 1.54) is 0 Å². The fraction of sp³-hybridized carbons (Fsp3) is 0.192. The molecular formula is C26H25N5O4. The molecule has 0 spiro atoms. The number of nitrogens with zero attached hydrogens (tertiary/aromatic N) is 2. The monoisotopic (exact) mass is 471 g/mol. The van der Waals surface area contributed by atoms with Crippen molar-refractivity contribution in [2.45, 2.75) is 19.6 Å². The average Bonchev–Trinajstić information content (AvgIpc) is 3.34. The Labute approximate surface area is 201 Å². The van der Waals surface area contributed by atoms with Gasteiger partial charge in [-0.1, -0.05) is 41.6 Å². The SMILES string of the molecule is COc1ccc(CNC(=O)c2ccc3c(c2)CNCN3Cc2ccc(-c3noc(=O)[nH]3)cc2)cc1. The number of amides is 1. The molecule has 178 valence electrons. The minimum Gasteiger partial charge on any atom is -0.497 e. The van der Waals surface area contributed by atoms with Gasteiger partial charge in [-0.3, -0.25) is 19.6 Å². The molecule has 3 aromatic carbocycles. The third-order valence-electron chi connectivity index (χ3n) is 5.95. The maximum Gasteiger partial charge on any atom is 0.439 e. The molecule has 0 radical (unpaired) electrons. The molecular weight excluding hydrogens is 446 g/mol. The van der Waals surface area contributed by atoms with Crippen LogP contribution in [0, 0.1) is 0 Å². The van der Waals surface area contributed by atoms with Crippen molar-refractivity contribution in [3.63, 3.8) is 0 Å². The number of fused-ring (bicyclic) bond motifs is 1. The van der Waals surface area contributed by atoms with Gasteiger partial charge in [-0.05, 0) is 47.0 Å². The van der Waals surface area contributed by atoms with E-state index in [0.29, 0.717) is 37.7 Å². The molecule has 0 bridgehead atoms. The molecule has 3 N–H and O–H groups in total. The van der Waals surface area contributed by atoms with E-state index in [0.717, 1.165) is 33.7 Å². The normalized spacial score (nSPS) is 12.8. The van der Waals surface area contributed by atoms with Gasteiger partial charge in [0.05, 0.1) is 13.8 Å². The third kappa shape index (κ3) is 5.10. The van der Waals surface area contributed by atoms with E-state index in [4.69, 9.17) is 4.74 Å². The van der Waals surface area contributed by atoms with Gasteiger partial charge < -0.3 is 15.0 Å². The molecule has 9 heteroatoms. The Hall–Kier alpha value is -4.37. The summed E-state index contributed by atoms with van der Waals surface area (Å²) in [5.41, 5.74) is 5.70. The summed E-state index contributed by atoms with van der Waals surface area (Å²) in [6.07, 6.45) is 0. The van der Waals surface area contributed by atoms with Crippen LogP contribution in [0.2, 0.25) is 0 Å². The van der Waals surface area contributed by atoms with Crippen LogP contribution in [-0.4, -0.2) is 29.8 Å². The lowest BCUT2D eigenvalue weighted by molar-refractivity contribution is 0.0951. The van der Waals surface area contributed by atoms with E-state index in [-0.39, 0.29) is 5.91 Å². The van der Waals surface area contributed by atoms with Gasteiger partial charge in [0.2, 0.25) is 0 Å². The predicted octanol–water partition coefficient (Wildman–Crippen LogP) is 3.04. The Morgan fingerprint density at radius 2 is 1.86 bits per heavy atom. The van der Waals surface area contributed by atoms with Gasteiger partial charge in [0.15, 0.2) is 5.82 Å². The molecule has 0 saturated carbocycles. The Morgan fingerprint density at radius 3 is 2.57 bits per heavy atom. The number of benzene rings is 3. The summed E-state index contributed by atoms with van der Waals surface area (Å²) in [5, 5.41) is 10.1. The predicted molar refractivity (Wildman–Crippen MR) is 131 cm³/mol. The number of nitrogens with one attached hydrogen (secondary N) is 3. The second-order valence-corrected chi connectivity index (χ2v) is 8.30. The molecule has 1 amide bonds.